The zero-order valence-electron chi connectivity index (χ0n) is 32.7. The third kappa shape index (κ3) is 6.30. The average Bonchev–Trinajstić information content (AvgIpc) is 3.57. The normalized spacial score (nSPS) is 12.4. The number of rotatable bonds is 10. The lowest BCUT2D eigenvalue weighted by Gasteiger charge is -2.35. The topological polar surface area (TPSA) is 24.9 Å². The lowest BCUT2D eigenvalue weighted by Crippen LogP contribution is -2.28. The molecule has 0 saturated heterocycles. The van der Waals surface area contributed by atoms with E-state index in [1.54, 1.807) is 14.2 Å². The number of aryl methyl sites for hydroxylation is 2. The van der Waals surface area contributed by atoms with Gasteiger partial charge in [-0.15, -0.1) is 0 Å². The molecule has 8 aromatic carbocycles. The van der Waals surface area contributed by atoms with Crippen molar-refractivity contribution in [1.82, 2.24) is 0 Å². The summed E-state index contributed by atoms with van der Waals surface area (Å²) in [7, 11) is 3.41. The van der Waals surface area contributed by atoms with E-state index in [0.717, 1.165) is 45.6 Å². The first kappa shape index (κ1) is 35.6. The summed E-state index contributed by atoms with van der Waals surface area (Å²) in [5.74, 6) is 1.66. The lowest BCUT2D eigenvalue weighted by atomic mass is 9.67. The Labute approximate surface area is 335 Å². The Balaban J connectivity index is 1.20. The zero-order chi connectivity index (χ0) is 38.9. The fraction of sp³-hybridized carbons (Fsp3) is 0.0943. The average molecular weight is 741 g/mol. The first-order valence-electron chi connectivity index (χ1n) is 19.4. The SMILES string of the molecule is COc1ccc(N(c2ccc(C)cc2)c2ccc(C3(c4ccc(N(c5ccc(C)cc5)c5ccc(OC)cc5)cc4)c4ccccc4-c4ccccc43)cc2)cc1. The molecular formula is C53H44N2O2. The van der Waals surface area contributed by atoms with Gasteiger partial charge in [0.15, 0.2) is 0 Å². The quantitative estimate of drug-likeness (QED) is 0.139. The molecule has 0 radical (unpaired) electrons. The molecule has 0 spiro atoms. The molecule has 1 aliphatic carbocycles. The van der Waals surface area contributed by atoms with Gasteiger partial charge in [-0.1, -0.05) is 108 Å². The smallest absolute Gasteiger partial charge is 0.119 e. The summed E-state index contributed by atoms with van der Waals surface area (Å²) in [5, 5.41) is 0. The van der Waals surface area contributed by atoms with Crippen molar-refractivity contribution in [2.75, 3.05) is 24.0 Å². The molecule has 0 aliphatic heterocycles. The monoisotopic (exact) mass is 740 g/mol. The van der Waals surface area contributed by atoms with E-state index in [1.807, 2.05) is 24.3 Å². The van der Waals surface area contributed by atoms with Gasteiger partial charge in [0.05, 0.1) is 19.6 Å². The van der Waals surface area contributed by atoms with E-state index in [1.165, 1.54) is 44.5 Å². The van der Waals surface area contributed by atoms with E-state index in [2.05, 4.69) is 194 Å². The maximum Gasteiger partial charge on any atom is 0.119 e. The summed E-state index contributed by atoms with van der Waals surface area (Å²) in [4.78, 5) is 4.61. The molecule has 4 heteroatoms. The van der Waals surface area contributed by atoms with Crippen molar-refractivity contribution < 1.29 is 9.47 Å². The van der Waals surface area contributed by atoms with Crippen LogP contribution in [0.2, 0.25) is 0 Å². The number of ether oxygens (including phenoxy) is 2. The van der Waals surface area contributed by atoms with Crippen molar-refractivity contribution in [3.8, 4) is 22.6 Å². The Morgan fingerprint density at radius 2 is 0.614 bits per heavy atom. The van der Waals surface area contributed by atoms with E-state index in [0.29, 0.717) is 0 Å². The van der Waals surface area contributed by atoms with Gasteiger partial charge in [-0.05, 0) is 144 Å². The van der Waals surface area contributed by atoms with Gasteiger partial charge in [-0.3, -0.25) is 0 Å². The van der Waals surface area contributed by atoms with E-state index in [-0.39, 0.29) is 0 Å². The van der Waals surface area contributed by atoms with E-state index >= 15 is 0 Å². The Morgan fingerprint density at radius 3 is 0.930 bits per heavy atom. The van der Waals surface area contributed by atoms with E-state index in [9.17, 15) is 0 Å². The van der Waals surface area contributed by atoms with Crippen molar-refractivity contribution >= 4 is 34.1 Å². The molecule has 0 bridgehead atoms. The second kappa shape index (κ2) is 14.9. The van der Waals surface area contributed by atoms with Crippen LogP contribution in [0.15, 0.2) is 194 Å². The van der Waals surface area contributed by atoms with Gasteiger partial charge < -0.3 is 19.3 Å². The van der Waals surface area contributed by atoms with Crippen LogP contribution in [0.1, 0.15) is 33.4 Å². The van der Waals surface area contributed by atoms with Crippen LogP contribution in [-0.4, -0.2) is 14.2 Å². The number of nitrogens with zero attached hydrogens (tertiary/aromatic N) is 2. The first-order chi connectivity index (χ1) is 28.0. The number of hydrogen-bond acceptors (Lipinski definition) is 4. The fourth-order valence-electron chi connectivity index (χ4n) is 8.49. The third-order valence-electron chi connectivity index (χ3n) is 11.3. The van der Waals surface area contributed by atoms with Crippen LogP contribution in [0.25, 0.3) is 11.1 Å². The standard InChI is InChI=1S/C53H44N2O2/c1-37-13-21-41(22-14-37)54(45-29-33-47(56-3)34-30-45)43-25-17-39(18-26-43)53(51-11-7-5-9-49(51)50-10-6-8-12-52(50)53)40-19-27-44(28-20-40)55(42-23-15-38(2)16-24-42)46-31-35-48(57-4)36-32-46/h5-36H,1-4H3. The molecule has 0 amide bonds. The molecule has 0 heterocycles. The van der Waals surface area contributed by atoms with Crippen LogP contribution >= 0.6 is 0 Å². The molecular weight excluding hydrogens is 697 g/mol. The van der Waals surface area contributed by atoms with Crippen molar-refractivity contribution in [1.29, 1.82) is 0 Å². The third-order valence-corrected chi connectivity index (χ3v) is 11.3. The molecule has 9 rings (SSSR count). The predicted molar refractivity (Wildman–Crippen MR) is 236 cm³/mol. The molecule has 8 aromatic rings. The summed E-state index contributed by atoms with van der Waals surface area (Å²) < 4.78 is 11.0. The number of hydrogen-bond donors (Lipinski definition) is 0. The van der Waals surface area contributed by atoms with Crippen LogP contribution in [0, 0.1) is 13.8 Å². The molecule has 278 valence electrons. The molecule has 0 unspecified atom stereocenters. The minimum absolute atomic E-state index is 0.548. The van der Waals surface area contributed by atoms with Crippen LogP contribution < -0.4 is 19.3 Å². The zero-order valence-corrected chi connectivity index (χ0v) is 32.7. The molecule has 1 aliphatic rings. The van der Waals surface area contributed by atoms with Crippen molar-refractivity contribution in [3.63, 3.8) is 0 Å². The molecule has 0 aromatic heterocycles. The summed E-state index contributed by atoms with van der Waals surface area (Å²) in [6.45, 7) is 4.25. The van der Waals surface area contributed by atoms with Gasteiger partial charge in [0.2, 0.25) is 0 Å². The number of benzene rings is 8. The van der Waals surface area contributed by atoms with Crippen LogP contribution in [0.5, 0.6) is 11.5 Å². The number of anilines is 6. The maximum absolute atomic E-state index is 5.51. The van der Waals surface area contributed by atoms with Gasteiger partial charge in [0.1, 0.15) is 11.5 Å². The second-order valence-corrected chi connectivity index (χ2v) is 14.7. The summed E-state index contributed by atoms with van der Waals surface area (Å²) >= 11 is 0. The summed E-state index contributed by atoms with van der Waals surface area (Å²) in [6, 6.07) is 70.1. The van der Waals surface area contributed by atoms with Crippen LogP contribution in [0.3, 0.4) is 0 Å². The second-order valence-electron chi connectivity index (χ2n) is 14.7. The first-order valence-corrected chi connectivity index (χ1v) is 19.4. The van der Waals surface area contributed by atoms with Gasteiger partial charge in [-0.25, -0.2) is 0 Å². The molecule has 57 heavy (non-hydrogen) atoms. The lowest BCUT2D eigenvalue weighted by molar-refractivity contribution is 0.414. The van der Waals surface area contributed by atoms with Crippen LogP contribution in [-0.2, 0) is 5.41 Å². The highest BCUT2D eigenvalue weighted by Crippen LogP contribution is 2.56. The Bertz CT molecular complexity index is 2440. The molecule has 0 saturated carbocycles. The number of fused-ring (bicyclic) bond motifs is 3. The Hall–Kier alpha value is -7.04. The summed E-state index contributed by atoms with van der Waals surface area (Å²) in [5.41, 5.74) is 15.9. The highest BCUT2D eigenvalue weighted by Gasteiger charge is 2.46. The predicted octanol–water partition coefficient (Wildman–Crippen LogP) is 13.6. The molecule has 4 nitrogen and oxygen atoms in total. The molecule has 0 N–H and O–H groups in total. The van der Waals surface area contributed by atoms with Gasteiger partial charge in [0.25, 0.3) is 0 Å². The van der Waals surface area contributed by atoms with Gasteiger partial charge >= 0.3 is 0 Å². The largest absolute Gasteiger partial charge is 0.497 e. The van der Waals surface area contributed by atoms with Crippen molar-refractivity contribution in [2.24, 2.45) is 0 Å². The van der Waals surface area contributed by atoms with Gasteiger partial charge in [-0.2, -0.15) is 0 Å². The van der Waals surface area contributed by atoms with Gasteiger partial charge in [0, 0.05) is 34.1 Å². The van der Waals surface area contributed by atoms with Crippen LogP contribution in [0.4, 0.5) is 34.1 Å². The molecule has 0 fully saturated rings. The minimum Gasteiger partial charge on any atom is -0.497 e. The summed E-state index contributed by atoms with van der Waals surface area (Å²) in [6.07, 6.45) is 0. The fourth-order valence-corrected chi connectivity index (χ4v) is 8.49. The Morgan fingerprint density at radius 1 is 0.333 bits per heavy atom. The highest BCUT2D eigenvalue weighted by molar-refractivity contribution is 5.87. The molecule has 0 atom stereocenters. The maximum atomic E-state index is 5.51. The highest BCUT2D eigenvalue weighted by atomic mass is 16.5. The van der Waals surface area contributed by atoms with E-state index < -0.39 is 5.41 Å². The van der Waals surface area contributed by atoms with Crippen molar-refractivity contribution in [2.45, 2.75) is 19.3 Å². The van der Waals surface area contributed by atoms with E-state index in [4.69, 9.17) is 9.47 Å². The Kier molecular flexibility index (Phi) is 9.31. The minimum atomic E-state index is -0.548. The number of methoxy groups -OCH3 is 2. The van der Waals surface area contributed by atoms with Crippen molar-refractivity contribution in [3.05, 3.63) is 228 Å².